The lowest BCUT2D eigenvalue weighted by Gasteiger charge is -2.27. The summed E-state index contributed by atoms with van der Waals surface area (Å²) in [7, 11) is -1.83. The fourth-order valence-corrected chi connectivity index (χ4v) is 2.26. The van der Waals surface area contributed by atoms with Gasteiger partial charge in [-0.25, -0.2) is 0 Å². The third-order valence-electron chi connectivity index (χ3n) is 1.86. The van der Waals surface area contributed by atoms with Gasteiger partial charge in [-0.3, -0.25) is 0 Å². The highest BCUT2D eigenvalue weighted by Gasteiger charge is 2.25. The first-order valence-corrected chi connectivity index (χ1v) is 6.14. The number of halogens is 1. The van der Waals surface area contributed by atoms with Crippen molar-refractivity contribution in [2.24, 2.45) is 5.73 Å². The molecule has 15 heavy (non-hydrogen) atoms. The molecule has 0 spiro atoms. The first-order chi connectivity index (χ1) is 6.25. The quantitative estimate of drug-likeness (QED) is 0.722. The van der Waals surface area contributed by atoms with E-state index in [0.717, 1.165) is 6.42 Å². The van der Waals surface area contributed by atoms with Crippen molar-refractivity contribution in [3.05, 3.63) is 0 Å². The first-order valence-electron chi connectivity index (χ1n) is 4.70. The van der Waals surface area contributed by atoms with Gasteiger partial charge in [0.15, 0.2) is 0 Å². The van der Waals surface area contributed by atoms with Gasteiger partial charge in [0.05, 0.1) is 0 Å². The van der Waals surface area contributed by atoms with Crippen LogP contribution < -0.4 is 10.5 Å². The van der Waals surface area contributed by atoms with E-state index in [2.05, 4.69) is 4.72 Å². The minimum absolute atomic E-state index is 0. The van der Waals surface area contributed by atoms with Crippen LogP contribution in [0.25, 0.3) is 0 Å². The van der Waals surface area contributed by atoms with Gasteiger partial charge in [-0.2, -0.15) is 17.4 Å². The third-order valence-corrected chi connectivity index (χ3v) is 3.68. The second-order valence-electron chi connectivity index (χ2n) is 4.02. The average molecular weight is 260 g/mol. The van der Waals surface area contributed by atoms with E-state index in [0.29, 0.717) is 6.54 Å². The van der Waals surface area contributed by atoms with Crippen molar-refractivity contribution >= 4 is 22.6 Å². The van der Waals surface area contributed by atoms with Gasteiger partial charge in [0, 0.05) is 25.7 Å². The zero-order valence-electron chi connectivity index (χ0n) is 9.78. The zero-order valence-corrected chi connectivity index (χ0v) is 11.4. The van der Waals surface area contributed by atoms with Crippen molar-refractivity contribution in [1.82, 2.24) is 9.03 Å². The summed E-state index contributed by atoms with van der Waals surface area (Å²) in [5, 5.41) is 0. The molecule has 0 aliphatic heterocycles. The van der Waals surface area contributed by atoms with E-state index in [-0.39, 0.29) is 19.0 Å². The largest absolute Gasteiger partial charge is 0.329 e. The molecule has 0 fully saturated rings. The molecule has 0 aliphatic carbocycles. The van der Waals surface area contributed by atoms with Crippen LogP contribution in [0, 0.1) is 0 Å². The Morgan fingerprint density at radius 1 is 1.40 bits per heavy atom. The molecule has 0 unspecified atom stereocenters. The Kier molecular flexibility index (Phi) is 7.76. The standard InChI is InChI=1S/C8H21N3O2S.ClH/c1-5-6-11(4)14(12,13)10-8(2,3)7-9;/h10H,5-7,9H2,1-4H3;1H. The van der Waals surface area contributed by atoms with E-state index < -0.39 is 15.7 Å². The van der Waals surface area contributed by atoms with Crippen LogP contribution >= 0.6 is 12.4 Å². The van der Waals surface area contributed by atoms with Crippen LogP contribution in [0.1, 0.15) is 27.2 Å². The molecule has 0 bridgehead atoms. The van der Waals surface area contributed by atoms with Crippen LogP contribution in [0.4, 0.5) is 0 Å². The number of hydrogen-bond donors (Lipinski definition) is 2. The Morgan fingerprint density at radius 2 is 1.87 bits per heavy atom. The highest BCUT2D eigenvalue weighted by atomic mass is 35.5. The molecule has 0 saturated carbocycles. The van der Waals surface area contributed by atoms with Gasteiger partial charge >= 0.3 is 0 Å². The van der Waals surface area contributed by atoms with E-state index in [1.165, 1.54) is 4.31 Å². The Labute approximate surface area is 99.0 Å². The van der Waals surface area contributed by atoms with Gasteiger partial charge in [0.1, 0.15) is 0 Å². The molecule has 3 N–H and O–H groups in total. The lowest BCUT2D eigenvalue weighted by atomic mass is 10.1. The van der Waals surface area contributed by atoms with Crippen molar-refractivity contribution in [2.45, 2.75) is 32.7 Å². The topological polar surface area (TPSA) is 75.4 Å². The summed E-state index contributed by atoms with van der Waals surface area (Å²) in [6, 6.07) is 0. The Hall–Kier alpha value is 0.120. The third kappa shape index (κ3) is 6.32. The smallest absolute Gasteiger partial charge is 0.279 e. The summed E-state index contributed by atoms with van der Waals surface area (Å²) in [6.45, 7) is 6.22. The Balaban J connectivity index is 0. The summed E-state index contributed by atoms with van der Waals surface area (Å²) in [6.07, 6.45) is 0.792. The van der Waals surface area contributed by atoms with E-state index in [4.69, 9.17) is 5.73 Å². The molecular weight excluding hydrogens is 238 g/mol. The van der Waals surface area contributed by atoms with Gasteiger partial charge in [-0.1, -0.05) is 6.92 Å². The summed E-state index contributed by atoms with van der Waals surface area (Å²) in [5.74, 6) is 0. The predicted octanol–water partition coefficient (Wildman–Crippen LogP) is 0.322. The SMILES string of the molecule is CCCN(C)S(=O)(=O)NC(C)(C)CN.Cl. The second-order valence-corrected chi connectivity index (χ2v) is 5.79. The summed E-state index contributed by atoms with van der Waals surface area (Å²) in [4.78, 5) is 0. The predicted molar refractivity (Wildman–Crippen MR) is 65.4 cm³/mol. The zero-order chi connectivity index (χ0) is 11.4. The molecule has 0 amide bonds. The maximum absolute atomic E-state index is 11.7. The molecule has 0 rings (SSSR count). The normalized spacial score (nSPS) is 12.7. The summed E-state index contributed by atoms with van der Waals surface area (Å²) >= 11 is 0. The number of hydrogen-bond acceptors (Lipinski definition) is 3. The van der Waals surface area contributed by atoms with Crippen molar-refractivity contribution in [1.29, 1.82) is 0 Å². The molecule has 5 nitrogen and oxygen atoms in total. The minimum Gasteiger partial charge on any atom is -0.329 e. The molecule has 94 valence electrons. The molecular formula is C8H22ClN3O2S. The molecule has 0 aromatic carbocycles. The van der Waals surface area contributed by atoms with Crippen LogP contribution in [0.2, 0.25) is 0 Å². The monoisotopic (exact) mass is 259 g/mol. The number of nitrogens with zero attached hydrogens (tertiary/aromatic N) is 1. The lowest BCUT2D eigenvalue weighted by Crippen LogP contribution is -2.53. The summed E-state index contributed by atoms with van der Waals surface area (Å²) in [5.41, 5.74) is 4.85. The highest BCUT2D eigenvalue weighted by Crippen LogP contribution is 2.04. The van der Waals surface area contributed by atoms with Crippen LogP contribution in [-0.4, -0.2) is 38.4 Å². The van der Waals surface area contributed by atoms with E-state index in [1.54, 1.807) is 20.9 Å². The molecule has 0 heterocycles. The van der Waals surface area contributed by atoms with Gasteiger partial charge in [-0.15, -0.1) is 12.4 Å². The fourth-order valence-electron chi connectivity index (χ4n) is 0.904. The van der Waals surface area contributed by atoms with E-state index in [9.17, 15) is 8.42 Å². The van der Waals surface area contributed by atoms with Crippen molar-refractivity contribution in [2.75, 3.05) is 20.1 Å². The second kappa shape index (κ2) is 6.65. The van der Waals surface area contributed by atoms with Crippen LogP contribution in [0.3, 0.4) is 0 Å². The maximum atomic E-state index is 11.7. The van der Waals surface area contributed by atoms with Gasteiger partial charge in [0.2, 0.25) is 0 Å². The van der Waals surface area contributed by atoms with Crippen LogP contribution in [-0.2, 0) is 10.2 Å². The van der Waals surface area contributed by atoms with E-state index >= 15 is 0 Å². The Bertz CT molecular complexity index is 267. The maximum Gasteiger partial charge on any atom is 0.279 e. The minimum atomic E-state index is -3.39. The molecule has 0 atom stereocenters. The van der Waals surface area contributed by atoms with Crippen molar-refractivity contribution in [3.8, 4) is 0 Å². The lowest BCUT2D eigenvalue weighted by molar-refractivity contribution is 0.411. The number of rotatable bonds is 6. The molecule has 0 saturated heterocycles. The van der Waals surface area contributed by atoms with Crippen molar-refractivity contribution in [3.63, 3.8) is 0 Å². The van der Waals surface area contributed by atoms with E-state index in [1.807, 2.05) is 6.92 Å². The molecule has 0 radical (unpaired) electrons. The number of nitrogens with one attached hydrogen (secondary N) is 1. The fraction of sp³-hybridized carbons (Fsp3) is 1.00. The number of nitrogens with two attached hydrogens (primary N) is 1. The van der Waals surface area contributed by atoms with Gasteiger partial charge < -0.3 is 5.73 Å². The molecule has 0 aromatic rings. The van der Waals surface area contributed by atoms with Gasteiger partial charge in [-0.05, 0) is 20.3 Å². The molecule has 0 aliphatic rings. The summed E-state index contributed by atoms with van der Waals surface area (Å²) < 4.78 is 27.1. The highest BCUT2D eigenvalue weighted by molar-refractivity contribution is 7.87. The Morgan fingerprint density at radius 3 is 2.20 bits per heavy atom. The van der Waals surface area contributed by atoms with Crippen LogP contribution in [0.15, 0.2) is 0 Å². The van der Waals surface area contributed by atoms with Gasteiger partial charge in [0.25, 0.3) is 10.2 Å². The molecule has 0 aromatic heterocycles. The van der Waals surface area contributed by atoms with Crippen LogP contribution in [0.5, 0.6) is 0 Å². The first kappa shape index (κ1) is 17.5. The van der Waals surface area contributed by atoms with Crippen molar-refractivity contribution < 1.29 is 8.42 Å². The average Bonchev–Trinajstić information content (AvgIpc) is 2.03. The molecule has 7 heteroatoms.